The van der Waals surface area contributed by atoms with Crippen LogP contribution in [-0.4, -0.2) is 16.1 Å². The number of para-hydroxylation sites is 1. The zero-order valence-corrected chi connectivity index (χ0v) is 12.5. The van der Waals surface area contributed by atoms with Crippen molar-refractivity contribution in [1.82, 2.24) is 4.98 Å². The first-order chi connectivity index (χ1) is 10.7. The van der Waals surface area contributed by atoms with Gasteiger partial charge in [0.2, 0.25) is 0 Å². The highest BCUT2D eigenvalue weighted by atomic mass is 16.4. The van der Waals surface area contributed by atoms with Crippen molar-refractivity contribution < 1.29 is 14.5 Å². The number of carbonyl (C=O) groups is 1. The number of aryl methyl sites for hydroxylation is 3. The Balaban J connectivity index is 1.92. The smallest absolute Gasteiger partial charge is 0.352 e. The number of hydrogen-bond donors (Lipinski definition) is 2. The summed E-state index contributed by atoms with van der Waals surface area (Å²) in [6.07, 6.45) is 5.82. The number of fused-ring (bicyclic) bond motifs is 1. The summed E-state index contributed by atoms with van der Waals surface area (Å²) in [6.45, 7) is 2.89. The number of rotatable bonds is 5. The second kappa shape index (κ2) is 6.02. The molecule has 0 bridgehead atoms. The minimum Gasteiger partial charge on any atom is -0.477 e. The fraction of sp³-hybridized carbons (Fsp3) is 0.222. The third-order valence-corrected chi connectivity index (χ3v) is 3.98. The van der Waals surface area contributed by atoms with Gasteiger partial charge in [-0.25, -0.2) is 9.36 Å². The SMILES string of the molecule is CCc1ccc[n+](CCc2c(C(=O)O)[nH]c3ccccc23)c1. The van der Waals surface area contributed by atoms with E-state index in [0.717, 1.165) is 29.4 Å². The number of H-pyrrole nitrogens is 1. The molecule has 2 aromatic heterocycles. The van der Waals surface area contributed by atoms with Gasteiger partial charge in [0.05, 0.1) is 0 Å². The van der Waals surface area contributed by atoms with Crippen molar-refractivity contribution in [3.63, 3.8) is 0 Å². The van der Waals surface area contributed by atoms with Crippen LogP contribution in [0, 0.1) is 0 Å². The average molecular weight is 295 g/mol. The normalized spacial score (nSPS) is 11.0. The lowest BCUT2D eigenvalue weighted by atomic mass is 10.1. The fourth-order valence-corrected chi connectivity index (χ4v) is 2.81. The van der Waals surface area contributed by atoms with E-state index in [1.54, 1.807) is 0 Å². The largest absolute Gasteiger partial charge is 0.477 e. The molecule has 0 saturated carbocycles. The van der Waals surface area contributed by atoms with Crippen LogP contribution >= 0.6 is 0 Å². The highest BCUT2D eigenvalue weighted by molar-refractivity contribution is 5.97. The van der Waals surface area contributed by atoms with E-state index in [9.17, 15) is 9.90 Å². The van der Waals surface area contributed by atoms with Crippen LogP contribution in [-0.2, 0) is 19.4 Å². The average Bonchev–Trinajstić information content (AvgIpc) is 2.92. The maximum Gasteiger partial charge on any atom is 0.352 e. The zero-order valence-electron chi connectivity index (χ0n) is 12.5. The van der Waals surface area contributed by atoms with Gasteiger partial charge < -0.3 is 10.1 Å². The molecule has 0 radical (unpaired) electrons. The van der Waals surface area contributed by atoms with E-state index in [-0.39, 0.29) is 0 Å². The van der Waals surface area contributed by atoms with Crippen LogP contribution in [0.5, 0.6) is 0 Å². The quantitative estimate of drug-likeness (QED) is 0.711. The van der Waals surface area contributed by atoms with Gasteiger partial charge in [0, 0.05) is 29.0 Å². The van der Waals surface area contributed by atoms with Gasteiger partial charge in [-0.3, -0.25) is 0 Å². The molecule has 2 heterocycles. The van der Waals surface area contributed by atoms with Crippen molar-refractivity contribution in [2.75, 3.05) is 0 Å². The molecule has 4 nitrogen and oxygen atoms in total. The van der Waals surface area contributed by atoms with Crippen molar-refractivity contribution in [2.45, 2.75) is 26.3 Å². The minimum absolute atomic E-state index is 0.299. The molecule has 0 unspecified atom stereocenters. The Hall–Kier alpha value is -2.62. The molecule has 0 spiro atoms. The Morgan fingerprint density at radius 1 is 1.23 bits per heavy atom. The molecule has 22 heavy (non-hydrogen) atoms. The summed E-state index contributed by atoms with van der Waals surface area (Å²) in [6, 6.07) is 11.9. The van der Waals surface area contributed by atoms with E-state index < -0.39 is 5.97 Å². The second-order valence-corrected chi connectivity index (χ2v) is 5.38. The number of aromatic nitrogens is 2. The second-order valence-electron chi connectivity index (χ2n) is 5.38. The lowest BCUT2D eigenvalue weighted by molar-refractivity contribution is -0.696. The summed E-state index contributed by atoms with van der Waals surface area (Å²) in [4.78, 5) is 14.5. The van der Waals surface area contributed by atoms with Crippen molar-refractivity contribution in [3.05, 3.63) is 65.6 Å². The van der Waals surface area contributed by atoms with Crippen molar-refractivity contribution >= 4 is 16.9 Å². The minimum atomic E-state index is -0.904. The predicted octanol–water partition coefficient (Wildman–Crippen LogP) is 2.96. The summed E-state index contributed by atoms with van der Waals surface area (Å²) in [5, 5.41) is 10.4. The molecule has 3 rings (SSSR count). The van der Waals surface area contributed by atoms with Crippen molar-refractivity contribution in [2.24, 2.45) is 0 Å². The molecule has 0 fully saturated rings. The van der Waals surface area contributed by atoms with Gasteiger partial charge in [-0.2, -0.15) is 0 Å². The van der Waals surface area contributed by atoms with E-state index in [1.165, 1.54) is 5.56 Å². The molecule has 0 aliphatic rings. The number of nitrogens with one attached hydrogen (secondary N) is 1. The van der Waals surface area contributed by atoms with Gasteiger partial charge in [0.1, 0.15) is 5.69 Å². The van der Waals surface area contributed by atoms with Gasteiger partial charge in [0.15, 0.2) is 18.9 Å². The van der Waals surface area contributed by atoms with Gasteiger partial charge in [-0.05, 0) is 24.1 Å². The number of aromatic carboxylic acids is 1. The van der Waals surface area contributed by atoms with E-state index in [0.29, 0.717) is 12.1 Å². The first-order valence-electron chi connectivity index (χ1n) is 7.50. The molecule has 4 heteroatoms. The van der Waals surface area contributed by atoms with Gasteiger partial charge in [0.25, 0.3) is 0 Å². The maximum absolute atomic E-state index is 11.5. The number of aromatic amines is 1. The fourth-order valence-electron chi connectivity index (χ4n) is 2.81. The number of hydrogen-bond acceptors (Lipinski definition) is 1. The van der Waals surface area contributed by atoms with Gasteiger partial charge >= 0.3 is 5.97 Å². The Morgan fingerprint density at radius 3 is 2.82 bits per heavy atom. The number of pyridine rings is 1. The van der Waals surface area contributed by atoms with Crippen LogP contribution in [0.2, 0.25) is 0 Å². The van der Waals surface area contributed by atoms with Crippen molar-refractivity contribution in [3.8, 4) is 0 Å². The van der Waals surface area contributed by atoms with Crippen LogP contribution in [0.4, 0.5) is 0 Å². The maximum atomic E-state index is 11.5. The number of benzene rings is 1. The lowest BCUT2D eigenvalue weighted by Crippen LogP contribution is -2.34. The molecule has 2 N–H and O–H groups in total. The Labute approximate surface area is 129 Å². The molecule has 0 saturated heterocycles. The Bertz CT molecular complexity index is 821. The topological polar surface area (TPSA) is 57.0 Å². The summed E-state index contributed by atoms with van der Waals surface area (Å²) >= 11 is 0. The van der Waals surface area contributed by atoms with E-state index in [2.05, 4.69) is 28.7 Å². The monoisotopic (exact) mass is 295 g/mol. The van der Waals surface area contributed by atoms with Gasteiger partial charge in [-0.1, -0.05) is 25.1 Å². The Morgan fingerprint density at radius 2 is 2.05 bits per heavy atom. The lowest BCUT2D eigenvalue weighted by Gasteiger charge is -2.01. The van der Waals surface area contributed by atoms with Crippen molar-refractivity contribution in [1.29, 1.82) is 0 Å². The number of carboxylic acids is 1. The molecule has 0 aliphatic carbocycles. The van der Waals surface area contributed by atoms with Crippen LogP contribution in [0.3, 0.4) is 0 Å². The zero-order chi connectivity index (χ0) is 15.5. The van der Waals surface area contributed by atoms with E-state index >= 15 is 0 Å². The van der Waals surface area contributed by atoms with Gasteiger partial charge in [-0.15, -0.1) is 0 Å². The van der Waals surface area contributed by atoms with Crippen LogP contribution < -0.4 is 4.57 Å². The molecule has 0 amide bonds. The molecule has 112 valence electrons. The highest BCUT2D eigenvalue weighted by Gasteiger charge is 2.17. The summed E-state index contributed by atoms with van der Waals surface area (Å²) in [5.74, 6) is -0.904. The highest BCUT2D eigenvalue weighted by Crippen LogP contribution is 2.23. The molecular formula is C18H19N2O2+. The molecule has 0 atom stereocenters. The first-order valence-corrected chi connectivity index (χ1v) is 7.50. The Kier molecular flexibility index (Phi) is 3.92. The van der Waals surface area contributed by atoms with E-state index in [4.69, 9.17) is 0 Å². The molecule has 0 aliphatic heterocycles. The van der Waals surface area contributed by atoms with E-state index in [1.807, 2.05) is 36.5 Å². The van der Waals surface area contributed by atoms with Crippen LogP contribution in [0.25, 0.3) is 10.9 Å². The third-order valence-electron chi connectivity index (χ3n) is 3.98. The standard InChI is InChI=1S/C18H18N2O2/c1-2-13-6-5-10-20(12-13)11-9-15-14-7-3-4-8-16(14)19-17(15)18(21)22/h3-8,10,12,19H,2,9,11H2,1H3/p+1. The number of nitrogens with zero attached hydrogens (tertiary/aromatic N) is 1. The van der Waals surface area contributed by atoms with Crippen LogP contribution in [0.15, 0.2) is 48.8 Å². The predicted molar refractivity (Wildman–Crippen MR) is 85.0 cm³/mol. The molecule has 3 aromatic rings. The third kappa shape index (κ3) is 2.72. The summed E-state index contributed by atoms with van der Waals surface area (Å²) < 4.78 is 2.12. The van der Waals surface area contributed by atoms with Crippen LogP contribution in [0.1, 0.15) is 28.5 Å². The summed E-state index contributed by atoms with van der Waals surface area (Å²) in [7, 11) is 0. The first kappa shape index (κ1) is 14.3. The molecule has 1 aromatic carbocycles. The molecular weight excluding hydrogens is 276 g/mol. The number of carboxylic acid groups (broad SMARTS) is 1. The summed E-state index contributed by atoms with van der Waals surface area (Å²) in [5.41, 5.74) is 3.33.